The molecule has 2 amide bonds. The number of rotatable bonds is 6. The number of anilines is 1. The topological polar surface area (TPSA) is 67.2 Å². The van der Waals surface area contributed by atoms with Crippen molar-refractivity contribution in [3.63, 3.8) is 0 Å². The summed E-state index contributed by atoms with van der Waals surface area (Å²) in [5.41, 5.74) is 4.12. The number of nitrogens with zero attached hydrogens (tertiary/aromatic N) is 3. The van der Waals surface area contributed by atoms with Crippen LogP contribution in [0.2, 0.25) is 0 Å². The Morgan fingerprint density at radius 1 is 0.889 bits per heavy atom. The molecule has 0 atom stereocenters. The molecule has 1 aromatic heterocycles. The molecule has 1 N–H and O–H groups in total. The lowest BCUT2D eigenvalue weighted by atomic mass is 9.90. The van der Waals surface area contributed by atoms with Crippen molar-refractivity contribution < 1.29 is 9.59 Å². The van der Waals surface area contributed by atoms with Gasteiger partial charge in [0.2, 0.25) is 0 Å². The van der Waals surface area contributed by atoms with Gasteiger partial charge < -0.3 is 10.2 Å². The number of carbonyl (C=O) groups excluding carboxylic acids is 2. The minimum absolute atomic E-state index is 0.102. The van der Waals surface area contributed by atoms with E-state index in [0.29, 0.717) is 36.0 Å². The monoisotopic (exact) mass is 478 g/mol. The Morgan fingerprint density at radius 3 is 2.19 bits per heavy atom. The molecule has 0 aliphatic carbocycles. The molecule has 6 heteroatoms. The van der Waals surface area contributed by atoms with E-state index in [1.165, 1.54) is 5.56 Å². The number of benzene rings is 3. The highest BCUT2D eigenvalue weighted by molar-refractivity contribution is 6.08. The second kappa shape index (κ2) is 10.6. The number of likely N-dealkylation sites (tertiary alicyclic amines) is 1. The van der Waals surface area contributed by atoms with E-state index in [1.54, 1.807) is 23.0 Å². The highest BCUT2D eigenvalue weighted by Gasteiger charge is 2.28. The molecule has 182 valence electrons. The molecule has 3 aromatic carbocycles. The van der Waals surface area contributed by atoms with Gasteiger partial charge in [0.05, 0.1) is 11.9 Å². The maximum absolute atomic E-state index is 13.6. The number of amides is 2. The summed E-state index contributed by atoms with van der Waals surface area (Å²) < 4.78 is 1.63. The summed E-state index contributed by atoms with van der Waals surface area (Å²) in [6.07, 6.45) is 4.51. The number of hydrogen-bond acceptors (Lipinski definition) is 3. The van der Waals surface area contributed by atoms with E-state index in [9.17, 15) is 9.59 Å². The van der Waals surface area contributed by atoms with Crippen molar-refractivity contribution in [3.8, 4) is 5.69 Å². The zero-order valence-electron chi connectivity index (χ0n) is 20.4. The van der Waals surface area contributed by atoms with Crippen molar-refractivity contribution in [3.05, 3.63) is 113 Å². The minimum Gasteiger partial charge on any atom is -0.338 e. The van der Waals surface area contributed by atoms with Gasteiger partial charge in [-0.2, -0.15) is 5.10 Å². The number of para-hydroxylation sites is 1. The molecule has 0 bridgehead atoms. The first-order valence-electron chi connectivity index (χ1n) is 12.4. The van der Waals surface area contributed by atoms with Crippen molar-refractivity contribution in [2.24, 2.45) is 5.92 Å². The summed E-state index contributed by atoms with van der Waals surface area (Å²) in [7, 11) is 0. The molecule has 1 fully saturated rings. The van der Waals surface area contributed by atoms with Crippen LogP contribution in [0.4, 0.5) is 5.82 Å². The number of aromatic nitrogens is 2. The molecule has 4 aromatic rings. The van der Waals surface area contributed by atoms with Crippen LogP contribution in [0.1, 0.15) is 44.7 Å². The maximum Gasteiger partial charge on any atom is 0.259 e. The summed E-state index contributed by atoms with van der Waals surface area (Å²) in [5, 5.41) is 7.46. The van der Waals surface area contributed by atoms with Crippen molar-refractivity contribution >= 4 is 17.6 Å². The Labute approximate surface area is 211 Å². The van der Waals surface area contributed by atoms with Crippen LogP contribution in [-0.4, -0.2) is 39.6 Å². The summed E-state index contributed by atoms with van der Waals surface area (Å²) in [4.78, 5) is 28.6. The molecule has 0 saturated carbocycles. The van der Waals surface area contributed by atoms with Gasteiger partial charge in [0.25, 0.3) is 11.8 Å². The zero-order valence-corrected chi connectivity index (χ0v) is 20.4. The van der Waals surface area contributed by atoms with Crippen LogP contribution >= 0.6 is 0 Å². The number of hydrogen-bond donors (Lipinski definition) is 1. The molecule has 0 unspecified atom stereocenters. The molecule has 2 heterocycles. The van der Waals surface area contributed by atoms with Gasteiger partial charge in [0, 0.05) is 18.7 Å². The Morgan fingerprint density at radius 2 is 1.53 bits per heavy atom. The van der Waals surface area contributed by atoms with E-state index < -0.39 is 0 Å². The fraction of sp³-hybridized carbons (Fsp3) is 0.233. The van der Waals surface area contributed by atoms with Crippen LogP contribution in [0.5, 0.6) is 0 Å². The lowest BCUT2D eigenvalue weighted by Gasteiger charge is -2.32. The third-order valence-corrected chi connectivity index (χ3v) is 6.82. The highest BCUT2D eigenvalue weighted by atomic mass is 16.2. The smallest absolute Gasteiger partial charge is 0.259 e. The molecular weight excluding hydrogens is 448 g/mol. The third kappa shape index (κ3) is 5.23. The van der Waals surface area contributed by atoms with Gasteiger partial charge in [-0.05, 0) is 61.9 Å². The van der Waals surface area contributed by atoms with Gasteiger partial charge in [-0.3, -0.25) is 9.59 Å². The van der Waals surface area contributed by atoms with Crippen LogP contribution in [0, 0.1) is 12.8 Å². The van der Waals surface area contributed by atoms with Gasteiger partial charge in [0.15, 0.2) is 0 Å². The second-order valence-corrected chi connectivity index (χ2v) is 9.40. The summed E-state index contributed by atoms with van der Waals surface area (Å²) in [6, 6.07) is 27.4. The predicted octanol–water partition coefficient (Wildman–Crippen LogP) is 5.53. The summed E-state index contributed by atoms with van der Waals surface area (Å²) in [6.45, 7) is 3.36. The van der Waals surface area contributed by atoms with E-state index in [0.717, 1.165) is 30.5 Å². The third-order valence-electron chi connectivity index (χ3n) is 6.82. The molecule has 1 aliphatic rings. The number of aryl methyl sites for hydroxylation is 1. The number of nitrogens with one attached hydrogen (secondary N) is 1. The van der Waals surface area contributed by atoms with Crippen molar-refractivity contribution in [1.82, 2.24) is 14.7 Å². The molecule has 36 heavy (non-hydrogen) atoms. The zero-order chi connectivity index (χ0) is 24.9. The van der Waals surface area contributed by atoms with E-state index in [1.807, 2.05) is 60.4 Å². The van der Waals surface area contributed by atoms with E-state index in [2.05, 4.69) is 34.7 Å². The summed E-state index contributed by atoms with van der Waals surface area (Å²) >= 11 is 0. The van der Waals surface area contributed by atoms with Crippen LogP contribution in [0.15, 0.2) is 91.1 Å². The normalized spacial score (nSPS) is 14.0. The molecule has 0 radical (unpaired) electrons. The van der Waals surface area contributed by atoms with Gasteiger partial charge in [0.1, 0.15) is 11.4 Å². The van der Waals surface area contributed by atoms with Crippen LogP contribution < -0.4 is 5.32 Å². The minimum atomic E-state index is -0.275. The van der Waals surface area contributed by atoms with Gasteiger partial charge in [-0.15, -0.1) is 0 Å². The van der Waals surface area contributed by atoms with Gasteiger partial charge in [-0.1, -0.05) is 66.2 Å². The van der Waals surface area contributed by atoms with Crippen LogP contribution in [-0.2, 0) is 6.42 Å². The molecule has 1 saturated heterocycles. The molecule has 0 spiro atoms. The Bertz CT molecular complexity index is 1320. The van der Waals surface area contributed by atoms with Gasteiger partial charge >= 0.3 is 0 Å². The number of carbonyl (C=O) groups is 2. The predicted molar refractivity (Wildman–Crippen MR) is 141 cm³/mol. The van der Waals surface area contributed by atoms with Crippen molar-refractivity contribution in [2.45, 2.75) is 26.2 Å². The Kier molecular flexibility index (Phi) is 6.94. The van der Waals surface area contributed by atoms with E-state index >= 15 is 0 Å². The fourth-order valence-corrected chi connectivity index (χ4v) is 4.73. The van der Waals surface area contributed by atoms with Crippen molar-refractivity contribution in [2.75, 3.05) is 18.4 Å². The van der Waals surface area contributed by atoms with Gasteiger partial charge in [-0.25, -0.2) is 4.68 Å². The lowest BCUT2D eigenvalue weighted by Crippen LogP contribution is -2.39. The molecular formula is C30H30N4O2. The quantitative estimate of drug-likeness (QED) is 0.396. The first-order valence-corrected chi connectivity index (χ1v) is 12.4. The Balaban J connectivity index is 1.36. The average Bonchev–Trinajstić information content (AvgIpc) is 3.33. The van der Waals surface area contributed by atoms with E-state index in [4.69, 9.17) is 0 Å². The average molecular weight is 479 g/mol. The Hall–Kier alpha value is -4.19. The van der Waals surface area contributed by atoms with Crippen molar-refractivity contribution in [1.29, 1.82) is 0 Å². The van der Waals surface area contributed by atoms with E-state index in [-0.39, 0.29) is 11.8 Å². The first kappa shape index (κ1) is 23.5. The molecule has 6 nitrogen and oxygen atoms in total. The highest BCUT2D eigenvalue weighted by Crippen LogP contribution is 2.27. The molecule has 5 rings (SSSR count). The fourth-order valence-electron chi connectivity index (χ4n) is 4.73. The van der Waals surface area contributed by atoms with Crippen LogP contribution in [0.3, 0.4) is 0 Å². The first-order chi connectivity index (χ1) is 17.6. The molecule has 1 aliphatic heterocycles. The SMILES string of the molecule is Cc1ccc(C(=O)Nc2c(C(=O)N3CCC(Cc4ccccc4)CC3)cnn2-c2ccccc2)cc1. The summed E-state index contributed by atoms with van der Waals surface area (Å²) in [5.74, 6) is 0.574. The van der Waals surface area contributed by atoms with Crippen LogP contribution in [0.25, 0.3) is 5.69 Å². The number of piperidine rings is 1. The second-order valence-electron chi connectivity index (χ2n) is 9.40. The standard InChI is InChI=1S/C30H30N4O2/c1-22-12-14-25(15-13-22)29(35)32-28-27(21-31-34(28)26-10-6-3-7-11-26)30(36)33-18-16-24(17-19-33)20-23-8-4-2-5-9-23/h2-15,21,24H,16-20H2,1H3,(H,32,35). The lowest BCUT2D eigenvalue weighted by molar-refractivity contribution is 0.0691. The maximum atomic E-state index is 13.6. The largest absolute Gasteiger partial charge is 0.338 e.